The van der Waals surface area contributed by atoms with Crippen molar-refractivity contribution in [3.05, 3.63) is 86.9 Å². The predicted molar refractivity (Wildman–Crippen MR) is 167 cm³/mol. The van der Waals surface area contributed by atoms with E-state index in [1.165, 1.54) is 40.2 Å². The number of anilines is 2. The fraction of sp³-hybridized carbons (Fsp3) is 0.333. The first-order valence-electron chi connectivity index (χ1n) is 13.9. The molecule has 1 saturated heterocycles. The van der Waals surface area contributed by atoms with Crippen molar-refractivity contribution >= 4 is 46.8 Å². The van der Waals surface area contributed by atoms with Gasteiger partial charge in [0.2, 0.25) is 5.91 Å². The van der Waals surface area contributed by atoms with Crippen molar-refractivity contribution in [3.63, 3.8) is 0 Å². The van der Waals surface area contributed by atoms with Crippen molar-refractivity contribution in [2.45, 2.75) is 50.6 Å². The van der Waals surface area contributed by atoms with E-state index in [1.54, 1.807) is 12.1 Å². The number of benzene rings is 2. The first-order valence-corrected chi connectivity index (χ1v) is 14.7. The Hall–Kier alpha value is -3.77. The topological polar surface area (TPSA) is 140 Å². The Bertz CT molecular complexity index is 1560. The fourth-order valence-corrected chi connectivity index (χ4v) is 5.58. The van der Waals surface area contributed by atoms with Crippen LogP contribution < -0.4 is 32.4 Å². The highest BCUT2D eigenvalue weighted by molar-refractivity contribution is 6.31. The third-order valence-corrected chi connectivity index (χ3v) is 7.78. The molecule has 13 heteroatoms. The van der Waals surface area contributed by atoms with E-state index in [9.17, 15) is 14.4 Å². The van der Waals surface area contributed by atoms with Crippen molar-refractivity contribution in [2.24, 2.45) is 11.6 Å². The van der Waals surface area contributed by atoms with Gasteiger partial charge in [-0.1, -0.05) is 48.2 Å². The van der Waals surface area contributed by atoms with Gasteiger partial charge in [-0.15, -0.1) is 0 Å². The lowest BCUT2D eigenvalue weighted by molar-refractivity contribution is -0.118. The Morgan fingerprint density at radius 1 is 1.23 bits per heavy atom. The van der Waals surface area contributed by atoms with Crippen LogP contribution in [-0.4, -0.2) is 41.4 Å². The summed E-state index contributed by atoms with van der Waals surface area (Å²) in [7, 11) is 1.90. The van der Waals surface area contributed by atoms with Crippen LogP contribution in [0.3, 0.4) is 0 Å². The number of halogens is 3. The van der Waals surface area contributed by atoms with Crippen molar-refractivity contribution in [2.75, 3.05) is 23.5 Å². The molecule has 2 heterocycles. The molecule has 1 fully saturated rings. The summed E-state index contributed by atoms with van der Waals surface area (Å²) in [5, 5.41) is 3.84. The quantitative estimate of drug-likeness (QED) is 0.0829. The zero-order valence-electron chi connectivity index (χ0n) is 23.7. The number of hydrogen-bond donors (Lipinski definition) is 3. The van der Waals surface area contributed by atoms with Crippen LogP contribution in [0, 0.1) is 5.82 Å². The van der Waals surface area contributed by atoms with E-state index in [-0.39, 0.29) is 33.0 Å². The number of carbonyl (C=O) groups is 2. The van der Waals surface area contributed by atoms with Crippen LogP contribution in [0.2, 0.25) is 5.02 Å². The molecule has 4 rings (SSSR count). The standard InChI is InChI=1S/C30H34Cl2FN7O3/c1-36-13-4-2-3-8-24(19-6-5-7-20(14-19)40-21(17-41)9-12-27(40)42)38-18-37-23(15-28(38)43)29-25(39(35)16-26(32)34)11-10-22(31)30(29)33/h5-7,10-11,14-18,21,24,36H,2-4,8-9,12-13,34-35H2,1H3/b26-16-. The molecule has 0 aliphatic carbocycles. The second-order valence-electron chi connectivity index (χ2n) is 10.3. The average molecular weight is 631 g/mol. The fourth-order valence-electron chi connectivity index (χ4n) is 5.32. The number of hydrazine groups is 1. The Kier molecular flexibility index (Phi) is 10.9. The van der Waals surface area contributed by atoms with Gasteiger partial charge in [-0.25, -0.2) is 15.2 Å². The van der Waals surface area contributed by atoms with Crippen LogP contribution in [0.5, 0.6) is 0 Å². The van der Waals surface area contributed by atoms with Gasteiger partial charge in [0, 0.05) is 18.2 Å². The Morgan fingerprint density at radius 2 is 2.02 bits per heavy atom. The maximum Gasteiger partial charge on any atom is 0.254 e. The summed E-state index contributed by atoms with van der Waals surface area (Å²) in [5.74, 6) is 5.11. The maximum absolute atomic E-state index is 15.3. The van der Waals surface area contributed by atoms with Crippen LogP contribution in [0.15, 0.2) is 64.9 Å². The summed E-state index contributed by atoms with van der Waals surface area (Å²) in [4.78, 5) is 43.9. The molecule has 2 unspecified atom stereocenters. The molecule has 0 radical (unpaired) electrons. The zero-order chi connectivity index (χ0) is 31.1. The largest absolute Gasteiger partial charge is 0.388 e. The molecule has 0 spiro atoms. The molecule has 1 amide bonds. The van der Waals surface area contributed by atoms with Gasteiger partial charge >= 0.3 is 0 Å². The van der Waals surface area contributed by atoms with E-state index in [1.807, 2.05) is 19.2 Å². The van der Waals surface area contributed by atoms with E-state index in [4.69, 9.17) is 34.8 Å². The number of amides is 1. The molecule has 1 aliphatic heterocycles. The molecular weight excluding hydrogens is 596 g/mol. The molecular formula is C30H34Cl2FN7O3. The lowest BCUT2D eigenvalue weighted by Crippen LogP contribution is -2.34. The first kappa shape index (κ1) is 32.2. The molecule has 3 aromatic rings. The Balaban J connectivity index is 1.76. The lowest BCUT2D eigenvalue weighted by Gasteiger charge is -2.25. The van der Waals surface area contributed by atoms with Gasteiger partial charge in [0.25, 0.3) is 5.56 Å². The van der Waals surface area contributed by atoms with Crippen molar-refractivity contribution in [1.29, 1.82) is 0 Å². The number of nitrogens with one attached hydrogen (secondary N) is 1. The van der Waals surface area contributed by atoms with Gasteiger partial charge in [0.05, 0.1) is 46.6 Å². The number of carbonyl (C=O) groups excluding carboxylic acids is 2. The molecule has 1 aliphatic rings. The molecule has 2 aromatic carbocycles. The van der Waals surface area contributed by atoms with Gasteiger partial charge in [-0.05, 0) is 62.7 Å². The van der Waals surface area contributed by atoms with Gasteiger partial charge < -0.3 is 20.7 Å². The van der Waals surface area contributed by atoms with Crippen molar-refractivity contribution < 1.29 is 14.0 Å². The number of unbranched alkanes of at least 4 members (excludes halogenated alkanes) is 2. The first-order chi connectivity index (χ1) is 20.7. The number of nitrogens with zero attached hydrogens (tertiary/aromatic N) is 4. The van der Waals surface area contributed by atoms with Crippen LogP contribution in [0.4, 0.5) is 15.8 Å². The minimum Gasteiger partial charge on any atom is -0.388 e. The van der Waals surface area contributed by atoms with Crippen molar-refractivity contribution in [1.82, 2.24) is 14.9 Å². The summed E-state index contributed by atoms with van der Waals surface area (Å²) < 4.78 is 16.8. The van der Waals surface area contributed by atoms with Gasteiger partial charge in [0.1, 0.15) is 11.4 Å². The number of nitrogens with two attached hydrogens (primary N) is 2. The SMILES string of the molecule is CNCCCCCC(c1cccc(N2C(=O)CCC2C=O)c1)n1cnc(-c2c(N(N)/C=C(\N)Cl)ccc(Cl)c2F)cc1=O. The molecule has 5 N–H and O–H groups in total. The number of aromatic nitrogens is 2. The Morgan fingerprint density at radius 3 is 2.72 bits per heavy atom. The molecule has 1 aromatic heterocycles. The highest BCUT2D eigenvalue weighted by atomic mass is 35.5. The van der Waals surface area contributed by atoms with Crippen LogP contribution in [-0.2, 0) is 9.59 Å². The summed E-state index contributed by atoms with van der Waals surface area (Å²) in [6, 6.07) is 10.3. The van der Waals surface area contributed by atoms with Crippen LogP contribution in [0.25, 0.3) is 11.3 Å². The molecule has 2 atom stereocenters. The second-order valence-corrected chi connectivity index (χ2v) is 11.1. The van der Waals surface area contributed by atoms with E-state index >= 15 is 4.39 Å². The van der Waals surface area contributed by atoms with E-state index in [0.717, 1.165) is 42.7 Å². The van der Waals surface area contributed by atoms with E-state index in [0.29, 0.717) is 24.9 Å². The number of rotatable bonds is 13. The maximum atomic E-state index is 15.3. The summed E-state index contributed by atoms with van der Waals surface area (Å²) >= 11 is 11.8. The van der Waals surface area contributed by atoms with Gasteiger partial charge in [0.15, 0.2) is 5.82 Å². The zero-order valence-corrected chi connectivity index (χ0v) is 25.2. The number of hydrogen-bond acceptors (Lipinski definition) is 8. The monoisotopic (exact) mass is 629 g/mol. The molecule has 43 heavy (non-hydrogen) atoms. The minimum absolute atomic E-state index is 0.0197. The number of aldehydes is 1. The Labute approximate surface area is 259 Å². The normalized spacial score (nSPS) is 16.0. The predicted octanol–water partition coefficient (Wildman–Crippen LogP) is 4.44. The van der Waals surface area contributed by atoms with Crippen LogP contribution in [0.1, 0.15) is 50.1 Å². The highest BCUT2D eigenvalue weighted by Gasteiger charge is 2.32. The summed E-state index contributed by atoms with van der Waals surface area (Å²) in [6.45, 7) is 0.872. The highest BCUT2D eigenvalue weighted by Crippen LogP contribution is 2.36. The van der Waals surface area contributed by atoms with Gasteiger partial charge in [-0.3, -0.25) is 19.2 Å². The lowest BCUT2D eigenvalue weighted by atomic mass is 9.99. The summed E-state index contributed by atoms with van der Waals surface area (Å²) in [5.41, 5.74) is 6.54. The van der Waals surface area contributed by atoms with E-state index in [2.05, 4.69) is 10.3 Å². The van der Waals surface area contributed by atoms with Crippen LogP contribution >= 0.6 is 23.2 Å². The van der Waals surface area contributed by atoms with Gasteiger partial charge in [-0.2, -0.15) is 0 Å². The second kappa shape index (κ2) is 14.6. The third kappa shape index (κ3) is 7.42. The molecule has 0 saturated carbocycles. The molecule has 228 valence electrons. The van der Waals surface area contributed by atoms with E-state index < -0.39 is 23.5 Å². The minimum atomic E-state index is -0.811. The molecule has 10 nitrogen and oxygen atoms in total. The average Bonchev–Trinajstić information content (AvgIpc) is 3.36. The third-order valence-electron chi connectivity index (χ3n) is 7.39. The van der Waals surface area contributed by atoms with Crippen molar-refractivity contribution in [3.8, 4) is 11.3 Å². The smallest absolute Gasteiger partial charge is 0.254 e. The summed E-state index contributed by atoms with van der Waals surface area (Å²) in [6.07, 6.45) is 7.40. The molecule has 0 bridgehead atoms.